The standard InChI is InChI=1S/C19H26N6O.ClH/c1-14(26)21-17-4-2-15(3-5-17)13-24-9-6-16(7-10-24)19-23-22-18-12-20-8-11-25(18)19;/h2-5,16,20H,6-13H2,1H3,(H,21,26);1H. The normalized spacial score (nSPS) is 17.8. The zero-order valence-corrected chi connectivity index (χ0v) is 16.5. The van der Waals surface area contributed by atoms with Crippen molar-refractivity contribution in [1.82, 2.24) is 25.0 Å². The first kappa shape index (κ1) is 19.8. The third-order valence-electron chi connectivity index (χ3n) is 5.28. The number of hydrogen-bond acceptors (Lipinski definition) is 5. The lowest BCUT2D eigenvalue weighted by atomic mass is 9.95. The topological polar surface area (TPSA) is 75.1 Å². The molecule has 0 saturated carbocycles. The van der Waals surface area contributed by atoms with Gasteiger partial charge in [-0.05, 0) is 43.6 Å². The molecule has 0 spiro atoms. The molecular weight excluding hydrogens is 364 g/mol. The predicted octanol–water partition coefficient (Wildman–Crippen LogP) is 2.14. The van der Waals surface area contributed by atoms with E-state index in [2.05, 4.69) is 42.4 Å². The van der Waals surface area contributed by atoms with Gasteiger partial charge in [0.15, 0.2) is 0 Å². The quantitative estimate of drug-likeness (QED) is 0.836. The minimum absolute atomic E-state index is 0. The van der Waals surface area contributed by atoms with Gasteiger partial charge < -0.3 is 15.2 Å². The fraction of sp³-hybridized carbons (Fsp3) is 0.526. The molecule has 0 unspecified atom stereocenters. The van der Waals surface area contributed by atoms with Gasteiger partial charge in [-0.2, -0.15) is 0 Å². The van der Waals surface area contributed by atoms with Crippen LogP contribution < -0.4 is 10.6 Å². The number of likely N-dealkylation sites (tertiary alicyclic amines) is 1. The molecule has 8 heteroatoms. The van der Waals surface area contributed by atoms with Crippen LogP contribution in [0.5, 0.6) is 0 Å². The van der Waals surface area contributed by atoms with Gasteiger partial charge in [0, 0.05) is 38.2 Å². The Morgan fingerprint density at radius 2 is 1.93 bits per heavy atom. The van der Waals surface area contributed by atoms with Gasteiger partial charge in [0.05, 0.1) is 6.54 Å². The summed E-state index contributed by atoms with van der Waals surface area (Å²) in [6.45, 7) is 7.47. The van der Waals surface area contributed by atoms with Crippen molar-refractivity contribution in [3.05, 3.63) is 41.5 Å². The number of nitrogens with one attached hydrogen (secondary N) is 2. The number of carbonyl (C=O) groups is 1. The summed E-state index contributed by atoms with van der Waals surface area (Å²) in [4.78, 5) is 13.6. The molecule has 7 nitrogen and oxygen atoms in total. The molecule has 4 rings (SSSR count). The van der Waals surface area contributed by atoms with E-state index in [1.807, 2.05) is 12.1 Å². The number of fused-ring (bicyclic) bond motifs is 1. The van der Waals surface area contributed by atoms with Crippen molar-refractivity contribution in [1.29, 1.82) is 0 Å². The molecule has 0 atom stereocenters. The van der Waals surface area contributed by atoms with E-state index in [9.17, 15) is 4.79 Å². The van der Waals surface area contributed by atoms with Crippen LogP contribution in [0.25, 0.3) is 0 Å². The van der Waals surface area contributed by atoms with E-state index in [4.69, 9.17) is 0 Å². The molecule has 0 bridgehead atoms. The van der Waals surface area contributed by atoms with Gasteiger partial charge in [-0.1, -0.05) is 12.1 Å². The van der Waals surface area contributed by atoms with E-state index < -0.39 is 0 Å². The van der Waals surface area contributed by atoms with Crippen LogP contribution in [0.4, 0.5) is 5.69 Å². The molecule has 146 valence electrons. The second kappa shape index (κ2) is 8.82. The van der Waals surface area contributed by atoms with Crippen molar-refractivity contribution in [3.8, 4) is 0 Å². The van der Waals surface area contributed by atoms with Crippen LogP contribution >= 0.6 is 12.4 Å². The molecule has 1 saturated heterocycles. The molecule has 2 N–H and O–H groups in total. The zero-order valence-electron chi connectivity index (χ0n) is 15.6. The molecule has 0 aliphatic carbocycles. The number of rotatable bonds is 4. The molecule has 2 aromatic rings. The summed E-state index contributed by atoms with van der Waals surface area (Å²) in [5.41, 5.74) is 2.13. The lowest BCUT2D eigenvalue weighted by Crippen LogP contribution is -2.34. The highest BCUT2D eigenvalue weighted by Crippen LogP contribution is 2.28. The SMILES string of the molecule is CC(=O)Nc1ccc(CN2CCC(c3nnc4n3CCNC4)CC2)cc1.Cl. The summed E-state index contributed by atoms with van der Waals surface area (Å²) >= 11 is 0. The Kier molecular flexibility index (Phi) is 6.46. The average Bonchev–Trinajstić information content (AvgIpc) is 3.08. The van der Waals surface area contributed by atoms with Crippen molar-refractivity contribution in [2.24, 2.45) is 0 Å². The van der Waals surface area contributed by atoms with Gasteiger partial charge in [0.25, 0.3) is 0 Å². The van der Waals surface area contributed by atoms with Crippen LogP contribution in [0.1, 0.15) is 42.9 Å². The summed E-state index contributed by atoms with van der Waals surface area (Å²) in [6.07, 6.45) is 2.27. The lowest BCUT2D eigenvalue weighted by Gasteiger charge is -2.32. The molecule has 2 aliphatic heterocycles. The van der Waals surface area contributed by atoms with Crippen molar-refractivity contribution >= 4 is 24.0 Å². The molecule has 1 aromatic carbocycles. The smallest absolute Gasteiger partial charge is 0.221 e. The van der Waals surface area contributed by atoms with Gasteiger partial charge >= 0.3 is 0 Å². The van der Waals surface area contributed by atoms with Crippen molar-refractivity contribution < 1.29 is 4.79 Å². The van der Waals surface area contributed by atoms with E-state index in [0.29, 0.717) is 5.92 Å². The van der Waals surface area contributed by atoms with Crippen LogP contribution in [0.3, 0.4) is 0 Å². The minimum atomic E-state index is -0.0359. The monoisotopic (exact) mass is 390 g/mol. The van der Waals surface area contributed by atoms with E-state index in [0.717, 1.165) is 63.6 Å². The maximum atomic E-state index is 11.1. The summed E-state index contributed by atoms with van der Waals surface area (Å²) < 4.78 is 2.32. The summed E-state index contributed by atoms with van der Waals surface area (Å²) in [7, 11) is 0. The van der Waals surface area contributed by atoms with Crippen LogP contribution in [0.2, 0.25) is 0 Å². The third kappa shape index (κ3) is 4.66. The Morgan fingerprint density at radius 3 is 2.63 bits per heavy atom. The number of aromatic nitrogens is 3. The summed E-state index contributed by atoms with van der Waals surface area (Å²) in [5, 5.41) is 15.0. The number of benzene rings is 1. The highest BCUT2D eigenvalue weighted by Gasteiger charge is 2.26. The van der Waals surface area contributed by atoms with Crippen molar-refractivity contribution in [2.45, 2.75) is 45.3 Å². The maximum Gasteiger partial charge on any atom is 0.221 e. The second-order valence-corrected chi connectivity index (χ2v) is 7.23. The first-order valence-electron chi connectivity index (χ1n) is 9.40. The summed E-state index contributed by atoms with van der Waals surface area (Å²) in [6, 6.07) is 8.14. The minimum Gasteiger partial charge on any atom is -0.326 e. The van der Waals surface area contributed by atoms with Gasteiger partial charge in [-0.15, -0.1) is 22.6 Å². The third-order valence-corrected chi connectivity index (χ3v) is 5.28. The molecule has 27 heavy (non-hydrogen) atoms. The van der Waals surface area contributed by atoms with Gasteiger partial charge in [0.2, 0.25) is 5.91 Å². The summed E-state index contributed by atoms with van der Waals surface area (Å²) in [5.74, 6) is 2.74. The largest absolute Gasteiger partial charge is 0.326 e. The number of piperidine rings is 1. The van der Waals surface area contributed by atoms with Crippen LogP contribution in [-0.2, 0) is 24.4 Å². The molecule has 1 fully saturated rings. The number of anilines is 1. The van der Waals surface area contributed by atoms with Crippen molar-refractivity contribution in [3.63, 3.8) is 0 Å². The number of carbonyl (C=O) groups excluding carboxylic acids is 1. The number of halogens is 1. The highest BCUT2D eigenvalue weighted by molar-refractivity contribution is 5.88. The van der Waals surface area contributed by atoms with E-state index in [1.54, 1.807) is 0 Å². The highest BCUT2D eigenvalue weighted by atomic mass is 35.5. The van der Waals surface area contributed by atoms with Crippen LogP contribution in [0.15, 0.2) is 24.3 Å². The molecule has 3 heterocycles. The Balaban J connectivity index is 0.00000210. The Labute approximate surface area is 165 Å². The van der Waals surface area contributed by atoms with Gasteiger partial charge in [-0.3, -0.25) is 9.69 Å². The number of nitrogens with zero attached hydrogens (tertiary/aromatic N) is 4. The second-order valence-electron chi connectivity index (χ2n) is 7.23. The maximum absolute atomic E-state index is 11.1. The first-order valence-corrected chi connectivity index (χ1v) is 9.40. The van der Waals surface area contributed by atoms with E-state index >= 15 is 0 Å². The Bertz CT molecular complexity index is 767. The fourth-order valence-electron chi connectivity index (χ4n) is 3.92. The van der Waals surface area contributed by atoms with Crippen LogP contribution in [-0.4, -0.2) is 45.2 Å². The molecule has 1 amide bonds. The zero-order chi connectivity index (χ0) is 17.9. The van der Waals surface area contributed by atoms with Crippen LogP contribution in [0, 0.1) is 0 Å². The first-order chi connectivity index (χ1) is 12.7. The Hall–Kier alpha value is -1.96. The molecule has 2 aliphatic rings. The number of amides is 1. The fourth-order valence-corrected chi connectivity index (χ4v) is 3.92. The van der Waals surface area contributed by atoms with E-state index in [1.165, 1.54) is 18.3 Å². The number of hydrogen-bond donors (Lipinski definition) is 2. The van der Waals surface area contributed by atoms with Gasteiger partial charge in [-0.25, -0.2) is 0 Å². The van der Waals surface area contributed by atoms with E-state index in [-0.39, 0.29) is 18.3 Å². The Morgan fingerprint density at radius 1 is 1.19 bits per heavy atom. The molecule has 1 aromatic heterocycles. The van der Waals surface area contributed by atoms with Crippen molar-refractivity contribution in [2.75, 3.05) is 25.0 Å². The van der Waals surface area contributed by atoms with Gasteiger partial charge in [0.1, 0.15) is 11.6 Å². The predicted molar refractivity (Wildman–Crippen MR) is 107 cm³/mol. The molecular formula is C19H27ClN6O. The molecule has 0 radical (unpaired) electrons. The average molecular weight is 391 g/mol. The lowest BCUT2D eigenvalue weighted by molar-refractivity contribution is -0.114.